The number of anilines is 1. The van der Waals surface area contributed by atoms with Crippen LogP contribution in [0.25, 0.3) is 0 Å². The number of fused-ring (bicyclic) bond motifs is 1. The van der Waals surface area contributed by atoms with Gasteiger partial charge in [0.15, 0.2) is 0 Å². The van der Waals surface area contributed by atoms with Gasteiger partial charge in [-0.15, -0.1) is 6.58 Å². The number of nitrogens with two attached hydrogens (primary N) is 2. The molecule has 252 valence electrons. The molecule has 0 bridgehead atoms. The second kappa shape index (κ2) is 15.2. The Labute approximate surface area is 282 Å². The minimum absolute atomic E-state index is 0.000583. The molecule has 13 nitrogen and oxygen atoms in total. The van der Waals surface area contributed by atoms with E-state index in [4.69, 9.17) is 20.9 Å². The molecule has 0 unspecified atom stereocenters. The number of aliphatic imine (C=N–C) groups is 1. The molecule has 5 rings (SSSR count). The minimum Gasteiger partial charge on any atom is -0.444 e. The SMILES string of the molecule is C=CCN(C(=O)OCc1ccccc1)c1cnc2n(c1=O)[C@H](C(=O)NCc1ccc(C(N)=NC(=O)OCc3ccccc3)cc1)C[C@@]2(C)N. The maximum Gasteiger partial charge on any atom is 0.435 e. The van der Waals surface area contributed by atoms with Gasteiger partial charge in [-0.2, -0.15) is 4.99 Å². The summed E-state index contributed by atoms with van der Waals surface area (Å²) in [6.07, 6.45) is 1.26. The number of nitrogens with zero attached hydrogens (tertiary/aromatic N) is 4. The van der Waals surface area contributed by atoms with Gasteiger partial charge in [-0.25, -0.2) is 14.6 Å². The van der Waals surface area contributed by atoms with Gasteiger partial charge >= 0.3 is 12.2 Å². The number of nitrogens with one attached hydrogen (secondary N) is 1. The van der Waals surface area contributed by atoms with Gasteiger partial charge in [0, 0.05) is 25.1 Å². The quantitative estimate of drug-likeness (QED) is 0.121. The van der Waals surface area contributed by atoms with Gasteiger partial charge in [-0.05, 0) is 23.6 Å². The summed E-state index contributed by atoms with van der Waals surface area (Å²) in [5, 5.41) is 2.86. The summed E-state index contributed by atoms with van der Waals surface area (Å²) in [7, 11) is 0. The first-order valence-electron chi connectivity index (χ1n) is 15.5. The third-order valence-corrected chi connectivity index (χ3v) is 7.88. The molecule has 13 heteroatoms. The van der Waals surface area contributed by atoms with E-state index >= 15 is 0 Å². The van der Waals surface area contributed by atoms with Gasteiger partial charge in [0.1, 0.15) is 36.6 Å². The first kappa shape index (κ1) is 34.3. The van der Waals surface area contributed by atoms with E-state index in [-0.39, 0.29) is 50.1 Å². The highest BCUT2D eigenvalue weighted by Crippen LogP contribution is 2.35. The number of amidine groups is 1. The molecular weight excluding hydrogens is 626 g/mol. The van der Waals surface area contributed by atoms with E-state index in [1.807, 2.05) is 60.7 Å². The van der Waals surface area contributed by atoms with Crippen LogP contribution >= 0.6 is 0 Å². The lowest BCUT2D eigenvalue weighted by Gasteiger charge is -2.22. The first-order valence-corrected chi connectivity index (χ1v) is 15.5. The Morgan fingerprint density at radius 2 is 1.61 bits per heavy atom. The van der Waals surface area contributed by atoms with Crippen molar-refractivity contribution in [2.45, 2.75) is 44.7 Å². The van der Waals surface area contributed by atoms with Crippen molar-refractivity contribution in [3.63, 3.8) is 0 Å². The molecule has 49 heavy (non-hydrogen) atoms. The van der Waals surface area contributed by atoms with Crippen molar-refractivity contribution in [1.82, 2.24) is 14.9 Å². The number of aromatic nitrogens is 2. The maximum absolute atomic E-state index is 13.9. The predicted molar refractivity (Wildman–Crippen MR) is 184 cm³/mol. The van der Waals surface area contributed by atoms with Gasteiger partial charge in [0.05, 0.1) is 11.7 Å². The molecule has 4 aromatic rings. The number of hydrogen-bond acceptors (Lipinski definition) is 8. The van der Waals surface area contributed by atoms with E-state index in [0.717, 1.165) is 21.6 Å². The molecule has 1 aromatic heterocycles. The molecule has 3 aromatic carbocycles. The molecule has 1 aliphatic heterocycles. The van der Waals surface area contributed by atoms with E-state index in [1.54, 1.807) is 31.2 Å². The van der Waals surface area contributed by atoms with Crippen LogP contribution < -0.4 is 27.2 Å². The van der Waals surface area contributed by atoms with E-state index in [9.17, 15) is 19.2 Å². The molecule has 5 N–H and O–H groups in total. The fourth-order valence-corrected chi connectivity index (χ4v) is 5.36. The molecule has 0 saturated heterocycles. The van der Waals surface area contributed by atoms with Crippen LogP contribution in [-0.4, -0.2) is 40.0 Å². The largest absolute Gasteiger partial charge is 0.444 e. The molecular formula is C36H37N7O6. The highest BCUT2D eigenvalue weighted by Gasteiger charge is 2.44. The zero-order valence-corrected chi connectivity index (χ0v) is 27.0. The number of benzene rings is 3. The average molecular weight is 664 g/mol. The summed E-state index contributed by atoms with van der Waals surface area (Å²) in [5.41, 5.74) is 13.6. The highest BCUT2D eigenvalue weighted by molar-refractivity contribution is 6.02. The van der Waals surface area contributed by atoms with Crippen molar-refractivity contribution in [2.24, 2.45) is 16.5 Å². The van der Waals surface area contributed by atoms with Crippen LogP contribution in [0.15, 0.2) is 114 Å². The molecule has 0 aliphatic carbocycles. The van der Waals surface area contributed by atoms with E-state index in [0.29, 0.717) is 5.56 Å². The second-order valence-electron chi connectivity index (χ2n) is 11.7. The summed E-state index contributed by atoms with van der Waals surface area (Å²) in [5.74, 6) is -0.251. The van der Waals surface area contributed by atoms with Crippen molar-refractivity contribution in [3.8, 4) is 0 Å². The van der Waals surface area contributed by atoms with Crippen molar-refractivity contribution in [2.75, 3.05) is 11.4 Å². The first-order chi connectivity index (χ1) is 23.6. The lowest BCUT2D eigenvalue weighted by molar-refractivity contribution is -0.124. The van der Waals surface area contributed by atoms with E-state index < -0.39 is 35.2 Å². The smallest absolute Gasteiger partial charge is 0.435 e. The Kier molecular flexibility index (Phi) is 10.6. The van der Waals surface area contributed by atoms with Crippen LogP contribution in [0.3, 0.4) is 0 Å². The van der Waals surface area contributed by atoms with Crippen LogP contribution in [-0.2, 0) is 39.6 Å². The third kappa shape index (κ3) is 8.26. The van der Waals surface area contributed by atoms with Crippen molar-refractivity contribution in [3.05, 3.63) is 142 Å². The number of carbonyl (C=O) groups excluding carboxylic acids is 3. The lowest BCUT2D eigenvalue weighted by atomic mass is 9.98. The van der Waals surface area contributed by atoms with Gasteiger partial charge in [-0.1, -0.05) is 91.0 Å². The maximum atomic E-state index is 13.9. The monoisotopic (exact) mass is 663 g/mol. The van der Waals surface area contributed by atoms with Crippen LogP contribution in [0.5, 0.6) is 0 Å². The zero-order chi connectivity index (χ0) is 35.0. The molecule has 0 fully saturated rings. The fourth-order valence-electron chi connectivity index (χ4n) is 5.36. The molecule has 0 radical (unpaired) electrons. The van der Waals surface area contributed by atoms with Gasteiger partial charge in [-0.3, -0.25) is 19.1 Å². The summed E-state index contributed by atoms with van der Waals surface area (Å²) in [6.45, 7) is 5.56. The zero-order valence-electron chi connectivity index (χ0n) is 27.0. The number of ether oxygens (including phenoxy) is 2. The Hall–Kier alpha value is -6.08. The van der Waals surface area contributed by atoms with Crippen LogP contribution in [0.4, 0.5) is 15.3 Å². The number of rotatable bonds is 11. The van der Waals surface area contributed by atoms with Crippen molar-refractivity contribution >= 4 is 29.6 Å². The Morgan fingerprint density at radius 1 is 1.00 bits per heavy atom. The molecule has 1 aliphatic rings. The minimum atomic E-state index is -1.09. The third-order valence-electron chi connectivity index (χ3n) is 7.88. The molecule has 2 atom stereocenters. The molecule has 2 heterocycles. The summed E-state index contributed by atoms with van der Waals surface area (Å²) < 4.78 is 11.9. The number of hydrogen-bond donors (Lipinski definition) is 3. The lowest BCUT2D eigenvalue weighted by Crippen LogP contribution is -2.41. The van der Waals surface area contributed by atoms with E-state index in [1.165, 1.54) is 16.8 Å². The predicted octanol–water partition coefficient (Wildman–Crippen LogP) is 4.05. The van der Waals surface area contributed by atoms with Crippen molar-refractivity contribution in [1.29, 1.82) is 0 Å². The number of carbonyl (C=O) groups is 3. The summed E-state index contributed by atoms with van der Waals surface area (Å²) >= 11 is 0. The van der Waals surface area contributed by atoms with Gasteiger partial charge in [0.2, 0.25) is 5.91 Å². The highest BCUT2D eigenvalue weighted by atomic mass is 16.6. The molecule has 3 amide bonds. The molecule has 0 saturated carbocycles. The molecule has 0 spiro atoms. The topological polar surface area (TPSA) is 184 Å². The van der Waals surface area contributed by atoms with Crippen LogP contribution in [0, 0.1) is 0 Å². The average Bonchev–Trinajstić information content (AvgIpc) is 3.40. The summed E-state index contributed by atoms with van der Waals surface area (Å²) in [4.78, 5) is 62.0. The number of amides is 3. The normalized spacial score (nSPS) is 16.7. The Bertz CT molecular complexity index is 1910. The standard InChI is InChI=1S/C36H37N7O6/c1-3-18-42(35(47)49-23-26-12-8-5-9-13-26)29-21-40-33-36(2,38)19-28(43(33)32(29)45)31(44)39-20-24-14-16-27(17-15-24)30(37)41-34(46)48-22-25-10-6-4-7-11-25/h3-17,21,28H,1,18-20,22-23,38H2,2H3,(H,39,44)(H2,37,41,46)/t28-,36+/m0/s1. The van der Waals surface area contributed by atoms with Gasteiger partial charge in [0.25, 0.3) is 5.56 Å². The van der Waals surface area contributed by atoms with Gasteiger partial charge < -0.3 is 26.3 Å². The Morgan fingerprint density at radius 3 is 2.22 bits per heavy atom. The van der Waals surface area contributed by atoms with Crippen LogP contribution in [0.1, 0.15) is 47.5 Å². The van der Waals surface area contributed by atoms with E-state index in [2.05, 4.69) is 21.9 Å². The van der Waals surface area contributed by atoms with Crippen molar-refractivity contribution < 1.29 is 23.9 Å². The fraction of sp³-hybridized carbons (Fsp3) is 0.222. The van der Waals surface area contributed by atoms with Crippen LogP contribution in [0.2, 0.25) is 0 Å². The summed E-state index contributed by atoms with van der Waals surface area (Å²) in [6, 6.07) is 24.1. The second-order valence-corrected chi connectivity index (χ2v) is 11.7. The Balaban J connectivity index is 1.25.